The number of hydrogen-bond donors (Lipinski definition) is 2. The summed E-state index contributed by atoms with van der Waals surface area (Å²) in [7, 11) is 0. The van der Waals surface area contributed by atoms with E-state index in [1.807, 2.05) is 19.1 Å². The molecule has 1 aliphatic rings. The quantitative estimate of drug-likeness (QED) is 0.173. The third kappa shape index (κ3) is 9.97. The molecule has 1 saturated heterocycles. The van der Waals surface area contributed by atoms with Gasteiger partial charge in [0.25, 0.3) is 5.89 Å². The fourth-order valence-corrected chi connectivity index (χ4v) is 3.52. The molecule has 184 valence electrons. The third-order valence-electron chi connectivity index (χ3n) is 5.45. The summed E-state index contributed by atoms with van der Waals surface area (Å²) >= 11 is 0. The van der Waals surface area contributed by atoms with Gasteiger partial charge in [-0.1, -0.05) is 24.2 Å². The summed E-state index contributed by atoms with van der Waals surface area (Å²) < 4.78 is 16.5. The number of halogens is 1. The maximum atomic E-state index is 5.82. The summed E-state index contributed by atoms with van der Waals surface area (Å²) in [6.45, 7) is 9.84. The number of nitrogens with one attached hydrogen (secondary N) is 2. The average molecular weight is 572 g/mol. The lowest BCUT2D eigenvalue weighted by Gasteiger charge is -2.21. The van der Waals surface area contributed by atoms with E-state index in [0.29, 0.717) is 11.8 Å². The van der Waals surface area contributed by atoms with Crippen LogP contribution in [0.25, 0.3) is 11.5 Å². The second-order valence-corrected chi connectivity index (χ2v) is 7.99. The number of guanidine groups is 1. The number of aromatic nitrogens is 2. The van der Waals surface area contributed by atoms with Crippen LogP contribution in [0, 0.1) is 5.92 Å². The predicted molar refractivity (Wildman–Crippen MR) is 141 cm³/mol. The van der Waals surface area contributed by atoms with Crippen molar-refractivity contribution in [2.45, 2.75) is 46.0 Å². The second kappa shape index (κ2) is 16.0. The van der Waals surface area contributed by atoms with Crippen molar-refractivity contribution in [3.8, 4) is 11.5 Å². The molecule has 8 nitrogen and oxygen atoms in total. The van der Waals surface area contributed by atoms with Crippen molar-refractivity contribution in [3.63, 3.8) is 0 Å². The zero-order valence-corrected chi connectivity index (χ0v) is 22.2. The lowest BCUT2D eigenvalue weighted by molar-refractivity contribution is 0.0205. The summed E-state index contributed by atoms with van der Waals surface area (Å²) in [6, 6.07) is 8.27. The largest absolute Gasteiger partial charge is 0.381 e. The van der Waals surface area contributed by atoms with Gasteiger partial charge in [-0.05, 0) is 56.2 Å². The molecule has 1 aromatic carbocycles. The first-order chi connectivity index (χ1) is 15.8. The molecule has 2 heterocycles. The molecule has 0 unspecified atom stereocenters. The van der Waals surface area contributed by atoms with Crippen LogP contribution in [0.15, 0.2) is 33.8 Å². The molecule has 0 radical (unpaired) electrons. The smallest absolute Gasteiger partial charge is 0.257 e. The fourth-order valence-electron chi connectivity index (χ4n) is 3.52. The van der Waals surface area contributed by atoms with E-state index in [1.165, 1.54) is 5.56 Å². The van der Waals surface area contributed by atoms with Crippen molar-refractivity contribution in [2.75, 3.05) is 46.1 Å². The van der Waals surface area contributed by atoms with Crippen LogP contribution in [-0.4, -0.2) is 62.2 Å². The van der Waals surface area contributed by atoms with Crippen LogP contribution in [0.5, 0.6) is 0 Å². The standard InChI is InChI=1S/C24H37N5O3.HI/c1-3-22-28-23(32-29-22)21-8-6-19(7-9-21)10-14-27-24(25-4-2)26-13-5-15-31-18-20-11-16-30-17-12-20;/h6-9,20H,3-5,10-18H2,1-2H3,(H2,25,26,27);1H. The van der Waals surface area contributed by atoms with Crippen molar-refractivity contribution in [3.05, 3.63) is 35.7 Å². The van der Waals surface area contributed by atoms with Gasteiger partial charge in [0.2, 0.25) is 0 Å². The lowest BCUT2D eigenvalue weighted by Crippen LogP contribution is -2.38. The number of rotatable bonds is 12. The van der Waals surface area contributed by atoms with E-state index < -0.39 is 0 Å². The number of benzene rings is 1. The monoisotopic (exact) mass is 571 g/mol. The molecule has 2 N–H and O–H groups in total. The Hall–Kier alpha value is -1.72. The normalized spacial score (nSPS) is 14.7. The number of aryl methyl sites for hydroxylation is 1. The van der Waals surface area contributed by atoms with E-state index in [2.05, 4.69) is 44.8 Å². The van der Waals surface area contributed by atoms with Gasteiger partial charge in [-0.2, -0.15) is 4.98 Å². The van der Waals surface area contributed by atoms with Crippen molar-refractivity contribution < 1.29 is 14.0 Å². The summed E-state index contributed by atoms with van der Waals surface area (Å²) in [4.78, 5) is 9.04. The van der Waals surface area contributed by atoms with E-state index in [-0.39, 0.29) is 24.0 Å². The van der Waals surface area contributed by atoms with Gasteiger partial charge in [0.05, 0.1) is 0 Å². The Balaban J connectivity index is 0.00000385. The van der Waals surface area contributed by atoms with Crippen molar-refractivity contribution in [1.82, 2.24) is 20.8 Å². The SMILES string of the molecule is CCNC(=NCCCOCC1CCOCC1)NCCc1ccc(-c2nc(CC)no2)cc1.I. The second-order valence-electron chi connectivity index (χ2n) is 7.99. The van der Waals surface area contributed by atoms with Gasteiger partial charge in [0.1, 0.15) is 0 Å². The maximum Gasteiger partial charge on any atom is 0.257 e. The van der Waals surface area contributed by atoms with E-state index >= 15 is 0 Å². The van der Waals surface area contributed by atoms with Crippen LogP contribution < -0.4 is 10.6 Å². The Morgan fingerprint density at radius 1 is 1.15 bits per heavy atom. The lowest BCUT2D eigenvalue weighted by atomic mass is 10.0. The molecular formula is C24H38IN5O3. The van der Waals surface area contributed by atoms with Gasteiger partial charge in [-0.25, -0.2) is 0 Å². The van der Waals surface area contributed by atoms with Crippen molar-refractivity contribution in [1.29, 1.82) is 0 Å². The van der Waals surface area contributed by atoms with Gasteiger partial charge in [0, 0.05) is 58.0 Å². The van der Waals surface area contributed by atoms with Crippen molar-refractivity contribution >= 4 is 29.9 Å². The number of ether oxygens (including phenoxy) is 2. The molecule has 0 atom stereocenters. The zero-order chi connectivity index (χ0) is 22.4. The van der Waals surface area contributed by atoms with Crippen molar-refractivity contribution in [2.24, 2.45) is 10.9 Å². The fraction of sp³-hybridized carbons (Fsp3) is 0.625. The van der Waals surface area contributed by atoms with Crippen LogP contribution in [-0.2, 0) is 22.3 Å². The number of nitrogens with zero attached hydrogens (tertiary/aromatic N) is 3. The summed E-state index contributed by atoms with van der Waals surface area (Å²) in [5.41, 5.74) is 2.19. The van der Waals surface area contributed by atoms with E-state index in [4.69, 9.17) is 14.0 Å². The minimum absolute atomic E-state index is 0. The minimum Gasteiger partial charge on any atom is -0.381 e. The maximum absolute atomic E-state index is 5.82. The highest BCUT2D eigenvalue weighted by atomic mass is 127. The van der Waals surface area contributed by atoms with Crippen LogP contribution in [0.2, 0.25) is 0 Å². The molecule has 0 spiro atoms. The Kier molecular flexibility index (Phi) is 13.3. The van der Waals surface area contributed by atoms with Gasteiger partial charge in [-0.3, -0.25) is 4.99 Å². The molecule has 0 bridgehead atoms. The van der Waals surface area contributed by atoms with Gasteiger partial charge in [-0.15, -0.1) is 24.0 Å². The molecule has 1 aliphatic heterocycles. The molecule has 0 amide bonds. The molecule has 9 heteroatoms. The van der Waals surface area contributed by atoms with Crippen LogP contribution in [0.4, 0.5) is 0 Å². The first-order valence-electron chi connectivity index (χ1n) is 11.9. The van der Waals surface area contributed by atoms with Crippen LogP contribution in [0.1, 0.15) is 44.5 Å². The van der Waals surface area contributed by atoms with Gasteiger partial charge >= 0.3 is 0 Å². The highest BCUT2D eigenvalue weighted by molar-refractivity contribution is 14.0. The predicted octanol–water partition coefficient (Wildman–Crippen LogP) is 3.85. The molecule has 1 fully saturated rings. The van der Waals surface area contributed by atoms with Crippen LogP contribution >= 0.6 is 24.0 Å². The topological polar surface area (TPSA) is 93.8 Å². The molecule has 1 aromatic heterocycles. The zero-order valence-electron chi connectivity index (χ0n) is 19.8. The molecule has 0 saturated carbocycles. The number of hydrogen-bond acceptors (Lipinski definition) is 6. The van der Waals surface area contributed by atoms with Crippen LogP contribution in [0.3, 0.4) is 0 Å². The Morgan fingerprint density at radius 2 is 1.94 bits per heavy atom. The average Bonchev–Trinajstić information content (AvgIpc) is 3.32. The highest BCUT2D eigenvalue weighted by Gasteiger charge is 2.13. The first-order valence-corrected chi connectivity index (χ1v) is 11.9. The number of aliphatic imine (C=N–C) groups is 1. The molecule has 3 rings (SSSR count). The Labute approximate surface area is 214 Å². The molecule has 0 aliphatic carbocycles. The minimum atomic E-state index is 0. The van der Waals surface area contributed by atoms with E-state index in [1.54, 1.807) is 0 Å². The Bertz CT molecular complexity index is 807. The van der Waals surface area contributed by atoms with Gasteiger partial charge < -0.3 is 24.6 Å². The summed E-state index contributed by atoms with van der Waals surface area (Å²) in [5, 5.41) is 10.7. The van der Waals surface area contributed by atoms with E-state index in [0.717, 1.165) is 95.5 Å². The third-order valence-corrected chi connectivity index (χ3v) is 5.45. The molecule has 33 heavy (non-hydrogen) atoms. The van der Waals surface area contributed by atoms with E-state index in [9.17, 15) is 0 Å². The Morgan fingerprint density at radius 3 is 2.64 bits per heavy atom. The van der Waals surface area contributed by atoms with Gasteiger partial charge in [0.15, 0.2) is 11.8 Å². The first kappa shape index (κ1) is 27.5. The summed E-state index contributed by atoms with van der Waals surface area (Å²) in [5.74, 6) is 2.81. The highest BCUT2D eigenvalue weighted by Crippen LogP contribution is 2.18. The molecule has 2 aromatic rings. The molecular weight excluding hydrogens is 533 g/mol. The summed E-state index contributed by atoms with van der Waals surface area (Å²) in [6.07, 6.45) is 4.84.